The summed E-state index contributed by atoms with van der Waals surface area (Å²) < 4.78 is 5.58. The molecule has 1 aliphatic rings. The molecule has 0 spiro atoms. The van der Waals surface area contributed by atoms with Crippen molar-refractivity contribution in [3.8, 4) is 5.75 Å². The van der Waals surface area contributed by atoms with Gasteiger partial charge >= 0.3 is 0 Å². The second-order valence-electron chi connectivity index (χ2n) is 8.63. The molecule has 7 nitrogen and oxygen atoms in total. The summed E-state index contributed by atoms with van der Waals surface area (Å²) in [5, 5.41) is 6.34. The minimum atomic E-state index is -0.421. The lowest BCUT2D eigenvalue weighted by Crippen LogP contribution is -2.32. The van der Waals surface area contributed by atoms with Gasteiger partial charge in [0.15, 0.2) is 6.61 Å². The Morgan fingerprint density at radius 3 is 2.31 bits per heavy atom. The van der Waals surface area contributed by atoms with Gasteiger partial charge < -0.3 is 20.3 Å². The third-order valence-corrected chi connectivity index (χ3v) is 6.29. The van der Waals surface area contributed by atoms with Crippen LogP contribution in [-0.4, -0.2) is 30.9 Å². The number of hydrogen-bond acceptors (Lipinski definition) is 4. The zero-order chi connectivity index (χ0) is 25.5. The molecule has 1 saturated heterocycles. The lowest BCUT2D eigenvalue weighted by Gasteiger charge is -2.17. The van der Waals surface area contributed by atoms with E-state index in [1.165, 1.54) is 5.56 Å². The van der Waals surface area contributed by atoms with Gasteiger partial charge in [0, 0.05) is 35.9 Å². The molecule has 3 aromatic rings. The number of nitrogens with zero attached hydrogens (tertiary/aromatic N) is 1. The van der Waals surface area contributed by atoms with Crippen molar-refractivity contribution in [2.45, 2.75) is 26.3 Å². The van der Waals surface area contributed by atoms with E-state index < -0.39 is 5.92 Å². The van der Waals surface area contributed by atoms with E-state index in [-0.39, 0.29) is 30.7 Å². The van der Waals surface area contributed by atoms with Crippen molar-refractivity contribution in [3.05, 3.63) is 88.9 Å². The van der Waals surface area contributed by atoms with Crippen LogP contribution in [-0.2, 0) is 27.3 Å². The number of nitrogens with one attached hydrogen (secondary N) is 2. The second kappa shape index (κ2) is 11.7. The highest BCUT2D eigenvalue weighted by Gasteiger charge is 2.35. The minimum absolute atomic E-state index is 0.108. The predicted octanol–water partition coefficient (Wildman–Crippen LogP) is 4.59. The fraction of sp³-hybridized carbons (Fsp3) is 0.250. The molecule has 0 saturated carbocycles. The van der Waals surface area contributed by atoms with Gasteiger partial charge in [0.05, 0.1) is 5.92 Å². The Bertz CT molecular complexity index is 1210. The number of benzene rings is 3. The monoisotopic (exact) mass is 505 g/mol. The predicted molar refractivity (Wildman–Crippen MR) is 140 cm³/mol. The molecule has 1 heterocycles. The largest absolute Gasteiger partial charge is 0.484 e. The molecule has 1 aliphatic heterocycles. The standard InChI is InChI=1S/C28H28ClN3O4/c1-2-19-5-9-23(10-6-19)31-26(33)18-36-25-13-11-24(12-14-25)32-17-21(15-27(32)34)28(35)30-16-20-3-7-22(29)8-4-20/h3-14,21H,2,15-18H2,1H3,(H,30,35)(H,31,33)/t21-/m1/s1. The van der Waals surface area contributed by atoms with Gasteiger partial charge in [-0.2, -0.15) is 0 Å². The van der Waals surface area contributed by atoms with Crippen molar-refractivity contribution in [1.82, 2.24) is 5.32 Å². The topological polar surface area (TPSA) is 87.7 Å². The summed E-state index contributed by atoms with van der Waals surface area (Å²) in [7, 11) is 0. The molecule has 0 aliphatic carbocycles. The van der Waals surface area contributed by atoms with Gasteiger partial charge in [-0.1, -0.05) is 42.8 Å². The van der Waals surface area contributed by atoms with Crippen molar-refractivity contribution in [3.63, 3.8) is 0 Å². The number of rotatable bonds is 9. The van der Waals surface area contributed by atoms with Crippen LogP contribution in [0.2, 0.25) is 5.02 Å². The summed E-state index contributed by atoms with van der Waals surface area (Å²) >= 11 is 5.89. The SMILES string of the molecule is CCc1ccc(NC(=O)COc2ccc(N3C[C@H](C(=O)NCc4ccc(Cl)cc4)CC3=O)cc2)cc1. The van der Waals surface area contributed by atoms with Crippen molar-refractivity contribution in [1.29, 1.82) is 0 Å². The van der Waals surface area contributed by atoms with Gasteiger partial charge in [0.2, 0.25) is 11.8 Å². The highest BCUT2D eigenvalue weighted by Crippen LogP contribution is 2.27. The van der Waals surface area contributed by atoms with Gasteiger partial charge in [0.25, 0.3) is 5.91 Å². The quantitative estimate of drug-likeness (QED) is 0.445. The number of anilines is 2. The van der Waals surface area contributed by atoms with E-state index in [2.05, 4.69) is 17.6 Å². The number of amides is 3. The van der Waals surface area contributed by atoms with Crippen LogP contribution in [0.3, 0.4) is 0 Å². The number of halogens is 1. The average molecular weight is 506 g/mol. The molecule has 0 aromatic heterocycles. The molecule has 36 heavy (non-hydrogen) atoms. The van der Waals surface area contributed by atoms with E-state index in [0.717, 1.165) is 17.7 Å². The average Bonchev–Trinajstić information content (AvgIpc) is 3.29. The van der Waals surface area contributed by atoms with E-state index in [1.807, 2.05) is 36.4 Å². The van der Waals surface area contributed by atoms with Crippen molar-refractivity contribution in [2.75, 3.05) is 23.4 Å². The van der Waals surface area contributed by atoms with E-state index in [4.69, 9.17) is 16.3 Å². The summed E-state index contributed by atoms with van der Waals surface area (Å²) in [5.74, 6) is -0.430. The van der Waals surface area contributed by atoms with Crippen molar-refractivity contribution >= 4 is 40.7 Å². The van der Waals surface area contributed by atoms with Gasteiger partial charge in [-0.25, -0.2) is 0 Å². The van der Waals surface area contributed by atoms with Crippen LogP contribution >= 0.6 is 11.6 Å². The fourth-order valence-corrected chi connectivity index (χ4v) is 4.09. The van der Waals surface area contributed by atoms with Gasteiger partial charge in [-0.05, 0) is 66.1 Å². The third kappa shape index (κ3) is 6.64. The van der Waals surface area contributed by atoms with Crippen LogP contribution in [0.25, 0.3) is 0 Å². The fourth-order valence-electron chi connectivity index (χ4n) is 3.96. The molecule has 0 radical (unpaired) electrons. The first-order valence-corrected chi connectivity index (χ1v) is 12.2. The Labute approximate surface area is 215 Å². The summed E-state index contributed by atoms with van der Waals surface area (Å²) in [5.41, 5.74) is 3.54. The van der Waals surface area contributed by atoms with Crippen LogP contribution in [0.4, 0.5) is 11.4 Å². The van der Waals surface area contributed by atoms with Crippen molar-refractivity contribution in [2.24, 2.45) is 5.92 Å². The Morgan fingerprint density at radius 2 is 1.64 bits per heavy atom. The molecular formula is C28H28ClN3O4. The molecule has 8 heteroatoms. The lowest BCUT2D eigenvalue weighted by molar-refractivity contribution is -0.126. The number of hydrogen-bond donors (Lipinski definition) is 2. The second-order valence-corrected chi connectivity index (χ2v) is 9.07. The Kier molecular flexibility index (Phi) is 8.23. The molecular weight excluding hydrogens is 478 g/mol. The number of ether oxygens (including phenoxy) is 1. The third-order valence-electron chi connectivity index (χ3n) is 6.04. The molecule has 1 fully saturated rings. The van der Waals surface area contributed by atoms with Gasteiger partial charge in [0.1, 0.15) is 5.75 Å². The van der Waals surface area contributed by atoms with Crippen LogP contribution in [0.5, 0.6) is 5.75 Å². The lowest BCUT2D eigenvalue weighted by atomic mass is 10.1. The minimum Gasteiger partial charge on any atom is -0.484 e. The molecule has 3 aromatic carbocycles. The maximum atomic E-state index is 12.6. The highest BCUT2D eigenvalue weighted by atomic mass is 35.5. The number of carbonyl (C=O) groups excluding carboxylic acids is 3. The molecule has 186 valence electrons. The summed E-state index contributed by atoms with van der Waals surface area (Å²) in [4.78, 5) is 38.9. The molecule has 3 amide bonds. The maximum Gasteiger partial charge on any atom is 0.262 e. The van der Waals surface area contributed by atoms with E-state index in [9.17, 15) is 14.4 Å². The molecule has 4 rings (SSSR count). The van der Waals surface area contributed by atoms with Gasteiger partial charge in [-0.15, -0.1) is 0 Å². The van der Waals surface area contributed by atoms with Crippen LogP contribution in [0.15, 0.2) is 72.8 Å². The first-order valence-electron chi connectivity index (χ1n) is 11.9. The zero-order valence-corrected chi connectivity index (χ0v) is 20.8. The molecule has 1 atom stereocenters. The molecule has 0 unspecified atom stereocenters. The van der Waals surface area contributed by atoms with E-state index in [1.54, 1.807) is 41.3 Å². The smallest absolute Gasteiger partial charge is 0.262 e. The summed E-state index contributed by atoms with van der Waals surface area (Å²) in [6.45, 7) is 2.63. The van der Waals surface area contributed by atoms with E-state index >= 15 is 0 Å². The molecule has 2 N–H and O–H groups in total. The maximum absolute atomic E-state index is 12.6. The highest BCUT2D eigenvalue weighted by molar-refractivity contribution is 6.30. The number of carbonyl (C=O) groups is 3. The molecule has 0 bridgehead atoms. The van der Waals surface area contributed by atoms with Crippen LogP contribution < -0.4 is 20.3 Å². The summed E-state index contributed by atoms with van der Waals surface area (Å²) in [6, 6.07) is 21.9. The Morgan fingerprint density at radius 1 is 0.972 bits per heavy atom. The summed E-state index contributed by atoms with van der Waals surface area (Å²) in [6.07, 6.45) is 1.10. The van der Waals surface area contributed by atoms with Crippen LogP contribution in [0, 0.1) is 5.92 Å². The normalized spacial score (nSPS) is 15.0. The van der Waals surface area contributed by atoms with Crippen LogP contribution in [0.1, 0.15) is 24.5 Å². The first-order chi connectivity index (χ1) is 17.4. The van der Waals surface area contributed by atoms with E-state index in [0.29, 0.717) is 29.5 Å². The van der Waals surface area contributed by atoms with Gasteiger partial charge in [-0.3, -0.25) is 14.4 Å². The first kappa shape index (κ1) is 25.3. The zero-order valence-electron chi connectivity index (χ0n) is 20.0. The number of aryl methyl sites for hydroxylation is 1. The Hall–Kier alpha value is -3.84. The van der Waals surface area contributed by atoms with Crippen molar-refractivity contribution < 1.29 is 19.1 Å². The Balaban J connectivity index is 1.25.